The van der Waals surface area contributed by atoms with Crippen LogP contribution in [0.1, 0.15) is 21.6 Å². The minimum atomic E-state index is -0.569. The van der Waals surface area contributed by atoms with E-state index in [1.165, 1.54) is 6.20 Å². The predicted octanol–water partition coefficient (Wildman–Crippen LogP) is 0.417. The van der Waals surface area contributed by atoms with Gasteiger partial charge in [0.05, 0.1) is 23.1 Å². The molecule has 0 saturated carbocycles. The fraction of sp³-hybridized carbons (Fsp3) is 0.250. The number of hydrogen-bond donors (Lipinski definition) is 3. The van der Waals surface area contributed by atoms with Crippen LogP contribution in [-0.2, 0) is 13.6 Å². The largest absolute Gasteiger partial charge is 0.397 e. The Labute approximate surface area is 110 Å². The van der Waals surface area contributed by atoms with E-state index in [1.54, 1.807) is 10.7 Å². The third-order valence-electron chi connectivity index (χ3n) is 2.78. The minimum Gasteiger partial charge on any atom is -0.397 e. The Morgan fingerprint density at radius 3 is 2.84 bits per heavy atom. The number of nitrogen functional groups attached to an aromatic ring is 1. The topological polar surface area (TPSA) is 112 Å². The summed E-state index contributed by atoms with van der Waals surface area (Å²) in [7, 11) is 1.86. The summed E-state index contributed by atoms with van der Waals surface area (Å²) in [6.45, 7) is 2.50. The van der Waals surface area contributed by atoms with Gasteiger partial charge in [0.1, 0.15) is 5.82 Å². The highest BCUT2D eigenvalue weighted by Gasteiger charge is 2.08. The summed E-state index contributed by atoms with van der Waals surface area (Å²) < 4.78 is 1.75. The van der Waals surface area contributed by atoms with Crippen LogP contribution in [0.5, 0.6) is 0 Å². The molecule has 0 aliphatic rings. The maximum absolute atomic E-state index is 11.2. The highest BCUT2D eigenvalue weighted by atomic mass is 16.1. The molecule has 0 saturated heterocycles. The molecule has 2 aromatic rings. The van der Waals surface area contributed by atoms with E-state index in [2.05, 4.69) is 15.4 Å². The summed E-state index contributed by atoms with van der Waals surface area (Å²) in [5.41, 5.74) is 13.4. The number of nitrogens with one attached hydrogen (secondary N) is 1. The molecule has 2 aromatic heterocycles. The number of hydrogen-bond acceptors (Lipinski definition) is 5. The van der Waals surface area contributed by atoms with Crippen molar-refractivity contribution in [1.29, 1.82) is 0 Å². The Hall–Kier alpha value is -2.57. The van der Waals surface area contributed by atoms with Crippen molar-refractivity contribution in [2.24, 2.45) is 12.8 Å². The molecule has 2 heterocycles. The van der Waals surface area contributed by atoms with Crippen LogP contribution in [0.25, 0.3) is 0 Å². The molecular weight excluding hydrogens is 244 g/mol. The number of carbonyl (C=O) groups is 1. The lowest BCUT2D eigenvalue weighted by Gasteiger charge is -2.07. The van der Waals surface area contributed by atoms with Gasteiger partial charge in [-0.1, -0.05) is 0 Å². The first kappa shape index (κ1) is 12.9. The number of aryl methyl sites for hydroxylation is 2. The molecule has 0 radical (unpaired) electrons. The lowest BCUT2D eigenvalue weighted by molar-refractivity contribution is 0.100. The number of amides is 1. The molecule has 0 spiro atoms. The van der Waals surface area contributed by atoms with Crippen molar-refractivity contribution in [2.45, 2.75) is 13.5 Å². The standard InChI is InChI=1S/C12H16N6O/c1-7-8(6-18(2)17-7)4-15-11-3-9(12(14)19)10(13)5-16-11/h3,5-6H,4,13H2,1-2H3,(H2,14,19)(H,15,16). The Balaban J connectivity index is 2.14. The first-order valence-corrected chi connectivity index (χ1v) is 5.75. The molecule has 0 bridgehead atoms. The maximum atomic E-state index is 11.2. The van der Waals surface area contributed by atoms with Crippen molar-refractivity contribution in [1.82, 2.24) is 14.8 Å². The van der Waals surface area contributed by atoms with Crippen molar-refractivity contribution >= 4 is 17.4 Å². The van der Waals surface area contributed by atoms with Gasteiger partial charge >= 0.3 is 0 Å². The highest BCUT2D eigenvalue weighted by molar-refractivity contribution is 5.98. The minimum absolute atomic E-state index is 0.264. The Morgan fingerprint density at radius 1 is 1.53 bits per heavy atom. The molecular formula is C12H16N6O. The molecule has 7 nitrogen and oxygen atoms in total. The van der Waals surface area contributed by atoms with E-state index < -0.39 is 5.91 Å². The van der Waals surface area contributed by atoms with Gasteiger partial charge in [-0.05, 0) is 13.0 Å². The zero-order valence-corrected chi connectivity index (χ0v) is 10.8. The van der Waals surface area contributed by atoms with Crippen LogP contribution in [0.2, 0.25) is 0 Å². The molecule has 100 valence electrons. The van der Waals surface area contributed by atoms with Crippen LogP contribution in [0.15, 0.2) is 18.5 Å². The quantitative estimate of drug-likeness (QED) is 0.737. The van der Waals surface area contributed by atoms with Gasteiger partial charge in [-0.2, -0.15) is 5.10 Å². The number of aromatic nitrogens is 3. The molecule has 1 amide bonds. The Bertz CT molecular complexity index is 619. The summed E-state index contributed by atoms with van der Waals surface area (Å²) in [4.78, 5) is 15.3. The van der Waals surface area contributed by atoms with E-state index in [0.29, 0.717) is 12.4 Å². The third kappa shape index (κ3) is 2.82. The van der Waals surface area contributed by atoms with Gasteiger partial charge in [-0.25, -0.2) is 4.98 Å². The normalized spacial score (nSPS) is 10.4. The zero-order valence-electron chi connectivity index (χ0n) is 10.8. The second-order valence-corrected chi connectivity index (χ2v) is 4.29. The van der Waals surface area contributed by atoms with Crippen LogP contribution < -0.4 is 16.8 Å². The molecule has 0 fully saturated rings. The van der Waals surface area contributed by atoms with Gasteiger partial charge in [-0.3, -0.25) is 9.48 Å². The molecule has 0 aromatic carbocycles. The van der Waals surface area contributed by atoms with Crippen molar-refractivity contribution in [3.63, 3.8) is 0 Å². The van der Waals surface area contributed by atoms with E-state index in [9.17, 15) is 4.79 Å². The molecule has 0 aliphatic heterocycles. The smallest absolute Gasteiger partial charge is 0.250 e. The average Bonchev–Trinajstić information content (AvgIpc) is 2.66. The fourth-order valence-electron chi connectivity index (χ4n) is 1.78. The Kier molecular flexibility index (Phi) is 3.37. The van der Waals surface area contributed by atoms with Crippen LogP contribution >= 0.6 is 0 Å². The number of nitrogens with two attached hydrogens (primary N) is 2. The van der Waals surface area contributed by atoms with Crippen molar-refractivity contribution in [3.8, 4) is 0 Å². The van der Waals surface area contributed by atoms with Gasteiger partial charge in [0, 0.05) is 25.4 Å². The summed E-state index contributed by atoms with van der Waals surface area (Å²) in [5.74, 6) is -0.0215. The molecule has 0 unspecified atom stereocenters. The number of primary amides is 1. The summed E-state index contributed by atoms with van der Waals surface area (Å²) >= 11 is 0. The molecule has 7 heteroatoms. The second kappa shape index (κ2) is 4.97. The maximum Gasteiger partial charge on any atom is 0.250 e. The number of rotatable bonds is 4. The van der Waals surface area contributed by atoms with E-state index >= 15 is 0 Å². The van der Waals surface area contributed by atoms with Crippen molar-refractivity contribution in [3.05, 3.63) is 35.3 Å². The van der Waals surface area contributed by atoms with Gasteiger partial charge < -0.3 is 16.8 Å². The summed E-state index contributed by atoms with van der Waals surface area (Å²) in [5, 5.41) is 7.36. The SMILES string of the molecule is Cc1nn(C)cc1CNc1cc(C(N)=O)c(N)cn1. The lowest BCUT2D eigenvalue weighted by atomic mass is 10.2. The Morgan fingerprint density at radius 2 is 2.26 bits per heavy atom. The van der Waals surface area contributed by atoms with E-state index in [1.807, 2.05) is 20.2 Å². The first-order valence-electron chi connectivity index (χ1n) is 5.75. The molecule has 0 aliphatic carbocycles. The van der Waals surface area contributed by atoms with Crippen molar-refractivity contribution in [2.75, 3.05) is 11.1 Å². The van der Waals surface area contributed by atoms with Crippen molar-refractivity contribution < 1.29 is 4.79 Å². The van der Waals surface area contributed by atoms with Gasteiger partial charge in [0.25, 0.3) is 5.91 Å². The van der Waals surface area contributed by atoms with Crippen LogP contribution in [0, 0.1) is 6.92 Å². The van der Waals surface area contributed by atoms with E-state index in [-0.39, 0.29) is 11.3 Å². The highest BCUT2D eigenvalue weighted by Crippen LogP contribution is 2.15. The molecule has 5 N–H and O–H groups in total. The third-order valence-corrected chi connectivity index (χ3v) is 2.78. The lowest BCUT2D eigenvalue weighted by Crippen LogP contribution is -2.14. The van der Waals surface area contributed by atoms with E-state index in [0.717, 1.165) is 11.3 Å². The zero-order chi connectivity index (χ0) is 14.0. The average molecular weight is 260 g/mol. The number of nitrogens with zero attached hydrogens (tertiary/aromatic N) is 3. The summed E-state index contributed by atoms with van der Waals surface area (Å²) in [6.07, 6.45) is 3.34. The summed E-state index contributed by atoms with van der Waals surface area (Å²) in [6, 6.07) is 1.55. The molecule has 2 rings (SSSR count). The van der Waals surface area contributed by atoms with E-state index in [4.69, 9.17) is 11.5 Å². The number of carbonyl (C=O) groups excluding carboxylic acids is 1. The fourth-order valence-corrected chi connectivity index (χ4v) is 1.78. The van der Waals surface area contributed by atoms with Gasteiger partial charge in [0.15, 0.2) is 0 Å². The van der Waals surface area contributed by atoms with Gasteiger partial charge in [0.2, 0.25) is 0 Å². The predicted molar refractivity (Wildman–Crippen MR) is 72.4 cm³/mol. The number of anilines is 2. The second-order valence-electron chi connectivity index (χ2n) is 4.29. The molecule has 0 atom stereocenters. The monoisotopic (exact) mass is 260 g/mol. The molecule has 19 heavy (non-hydrogen) atoms. The van der Waals surface area contributed by atoms with Gasteiger partial charge in [-0.15, -0.1) is 0 Å². The van der Waals surface area contributed by atoms with Crippen LogP contribution in [0.3, 0.4) is 0 Å². The first-order chi connectivity index (χ1) is 8.97. The van der Waals surface area contributed by atoms with Crippen LogP contribution in [0.4, 0.5) is 11.5 Å². The number of pyridine rings is 1. The van der Waals surface area contributed by atoms with Crippen LogP contribution in [-0.4, -0.2) is 20.7 Å².